The van der Waals surface area contributed by atoms with Crippen LogP contribution in [0.15, 0.2) is 48.5 Å². The van der Waals surface area contributed by atoms with Gasteiger partial charge < -0.3 is 20.1 Å². The number of aromatic nitrogens is 2. The first-order chi connectivity index (χ1) is 14.6. The van der Waals surface area contributed by atoms with Crippen LogP contribution in [-0.4, -0.2) is 29.5 Å². The number of alkyl halides is 3. The van der Waals surface area contributed by atoms with E-state index in [1.54, 1.807) is 18.2 Å². The quantitative estimate of drug-likeness (QED) is 0.460. The zero-order valence-electron chi connectivity index (χ0n) is 16.9. The van der Waals surface area contributed by atoms with Crippen molar-refractivity contribution in [2.45, 2.75) is 26.3 Å². The molecule has 31 heavy (non-hydrogen) atoms. The average molecular weight is 436 g/mol. The topological polar surface area (TPSA) is 68.3 Å². The third-order valence-electron chi connectivity index (χ3n) is 3.93. The summed E-state index contributed by atoms with van der Waals surface area (Å²) in [6, 6.07) is 11.3. The molecule has 2 aromatic carbocycles. The fourth-order valence-corrected chi connectivity index (χ4v) is 2.73. The van der Waals surface area contributed by atoms with Gasteiger partial charge in [0.25, 0.3) is 0 Å². The van der Waals surface area contributed by atoms with Gasteiger partial charge in [0.1, 0.15) is 11.6 Å². The monoisotopic (exact) mass is 436 g/mol. The van der Waals surface area contributed by atoms with Crippen LogP contribution in [-0.2, 0) is 0 Å². The van der Waals surface area contributed by atoms with Crippen molar-refractivity contribution in [1.29, 1.82) is 0 Å². The molecule has 1 aromatic heterocycles. The van der Waals surface area contributed by atoms with Crippen molar-refractivity contribution in [3.05, 3.63) is 54.3 Å². The summed E-state index contributed by atoms with van der Waals surface area (Å²) in [6.07, 6.45) is -4.81. The Morgan fingerprint density at radius 1 is 1.00 bits per heavy atom. The summed E-state index contributed by atoms with van der Waals surface area (Å²) in [5, 5.41) is 6.03. The summed E-state index contributed by atoms with van der Waals surface area (Å²) in [5.74, 6) is -0.253. The van der Waals surface area contributed by atoms with Gasteiger partial charge in [-0.1, -0.05) is 12.1 Å². The molecule has 2 N–H and O–H groups in total. The zero-order chi connectivity index (χ0) is 22.6. The van der Waals surface area contributed by atoms with E-state index in [9.17, 15) is 17.6 Å². The number of rotatable bonds is 7. The number of nitrogens with one attached hydrogen (secondary N) is 2. The molecule has 0 radical (unpaired) electrons. The minimum absolute atomic E-state index is 0.00132. The van der Waals surface area contributed by atoms with Crippen molar-refractivity contribution >= 4 is 17.5 Å². The van der Waals surface area contributed by atoms with E-state index >= 15 is 0 Å². The molecule has 3 rings (SSSR count). The third kappa shape index (κ3) is 6.21. The zero-order valence-corrected chi connectivity index (χ0v) is 16.9. The van der Waals surface area contributed by atoms with Crippen LogP contribution in [0, 0.1) is 5.82 Å². The van der Waals surface area contributed by atoms with E-state index in [4.69, 9.17) is 4.74 Å². The summed E-state index contributed by atoms with van der Waals surface area (Å²) in [4.78, 5) is 8.73. The van der Waals surface area contributed by atoms with Crippen molar-refractivity contribution in [3.63, 3.8) is 0 Å². The van der Waals surface area contributed by atoms with Crippen molar-refractivity contribution in [2.75, 3.05) is 17.7 Å². The molecule has 0 saturated heterocycles. The van der Waals surface area contributed by atoms with Crippen LogP contribution in [0.1, 0.15) is 13.8 Å². The molecule has 0 amide bonds. The number of benzene rings is 2. The molecule has 164 valence electrons. The molecule has 0 atom stereocenters. The molecule has 0 saturated carbocycles. The Morgan fingerprint density at radius 3 is 2.42 bits per heavy atom. The van der Waals surface area contributed by atoms with Crippen LogP contribution < -0.4 is 20.1 Å². The van der Waals surface area contributed by atoms with Crippen molar-refractivity contribution in [2.24, 2.45) is 0 Å². The van der Waals surface area contributed by atoms with Gasteiger partial charge in [0.05, 0.1) is 12.8 Å². The largest absolute Gasteiger partial charge is 0.573 e. The van der Waals surface area contributed by atoms with Crippen LogP contribution in [0.4, 0.5) is 35.0 Å². The highest BCUT2D eigenvalue weighted by atomic mass is 19.4. The molecule has 0 spiro atoms. The van der Waals surface area contributed by atoms with E-state index in [0.29, 0.717) is 22.8 Å². The van der Waals surface area contributed by atoms with Gasteiger partial charge in [0.2, 0.25) is 5.95 Å². The van der Waals surface area contributed by atoms with E-state index in [0.717, 1.165) is 0 Å². The first kappa shape index (κ1) is 22.1. The Bertz CT molecular complexity index is 1060. The van der Waals surface area contributed by atoms with E-state index < -0.39 is 12.2 Å². The fraction of sp³-hybridized carbons (Fsp3) is 0.238. The summed E-state index contributed by atoms with van der Waals surface area (Å²) in [7, 11) is 1.36. The van der Waals surface area contributed by atoms with Gasteiger partial charge in [0, 0.05) is 29.4 Å². The predicted octanol–water partition coefficient (Wildman–Crippen LogP) is 5.75. The third-order valence-corrected chi connectivity index (χ3v) is 3.93. The Hall–Kier alpha value is -3.56. The molecule has 6 nitrogen and oxygen atoms in total. The highest BCUT2D eigenvalue weighted by molar-refractivity contribution is 5.68. The van der Waals surface area contributed by atoms with Crippen molar-refractivity contribution < 1.29 is 27.0 Å². The molecule has 0 aliphatic carbocycles. The number of hydrogen-bond acceptors (Lipinski definition) is 6. The number of nitrogens with zero attached hydrogens (tertiary/aromatic N) is 2. The second kappa shape index (κ2) is 9.07. The molecule has 1 heterocycles. The summed E-state index contributed by atoms with van der Waals surface area (Å²) in [5.41, 5.74) is 1.15. The molecule has 0 aliphatic heterocycles. The predicted molar refractivity (Wildman–Crippen MR) is 109 cm³/mol. The first-order valence-corrected chi connectivity index (χ1v) is 9.25. The SMILES string of the molecule is COc1ccc(Nc2cc(-c3cccc(OC(F)(F)F)c3)nc(NC(C)C)n2)cc1F. The van der Waals surface area contributed by atoms with Gasteiger partial charge in [-0.15, -0.1) is 13.2 Å². The van der Waals surface area contributed by atoms with Crippen LogP contribution in [0.2, 0.25) is 0 Å². The Kier molecular flexibility index (Phi) is 6.47. The Morgan fingerprint density at radius 2 is 1.77 bits per heavy atom. The maximum absolute atomic E-state index is 14.0. The number of methoxy groups -OCH3 is 1. The minimum atomic E-state index is -4.81. The lowest BCUT2D eigenvalue weighted by Gasteiger charge is -2.14. The molecule has 3 aromatic rings. The van der Waals surface area contributed by atoms with E-state index in [1.807, 2.05) is 13.8 Å². The number of hydrogen-bond donors (Lipinski definition) is 2. The smallest absolute Gasteiger partial charge is 0.494 e. The van der Waals surface area contributed by atoms with Crippen molar-refractivity contribution in [1.82, 2.24) is 9.97 Å². The number of ether oxygens (including phenoxy) is 2. The first-order valence-electron chi connectivity index (χ1n) is 9.25. The second-order valence-corrected chi connectivity index (χ2v) is 6.81. The van der Waals surface area contributed by atoms with Gasteiger partial charge in [-0.25, -0.2) is 9.37 Å². The molecule has 0 aliphatic rings. The lowest BCUT2D eigenvalue weighted by Crippen LogP contribution is -2.17. The van der Waals surface area contributed by atoms with Gasteiger partial charge >= 0.3 is 6.36 Å². The molecule has 0 unspecified atom stereocenters. The van der Waals surface area contributed by atoms with Crippen LogP contribution in [0.5, 0.6) is 11.5 Å². The van der Waals surface area contributed by atoms with Gasteiger partial charge in [-0.3, -0.25) is 0 Å². The molecule has 0 bridgehead atoms. The highest BCUT2D eigenvalue weighted by Crippen LogP contribution is 2.30. The van der Waals surface area contributed by atoms with E-state index in [-0.39, 0.29) is 23.5 Å². The fourth-order valence-electron chi connectivity index (χ4n) is 2.73. The Labute approximate surface area is 176 Å². The lowest BCUT2D eigenvalue weighted by molar-refractivity contribution is -0.274. The molecular formula is C21H20F4N4O2. The van der Waals surface area contributed by atoms with Crippen LogP contribution >= 0.6 is 0 Å². The van der Waals surface area contributed by atoms with E-state index in [1.165, 1.54) is 37.4 Å². The summed E-state index contributed by atoms with van der Waals surface area (Å²) >= 11 is 0. The second-order valence-electron chi connectivity index (χ2n) is 6.81. The number of halogens is 4. The van der Waals surface area contributed by atoms with Crippen LogP contribution in [0.25, 0.3) is 11.3 Å². The maximum atomic E-state index is 14.0. The summed E-state index contributed by atoms with van der Waals surface area (Å²) < 4.78 is 60.6. The molecule has 10 heteroatoms. The Balaban J connectivity index is 1.97. The lowest BCUT2D eigenvalue weighted by atomic mass is 10.1. The van der Waals surface area contributed by atoms with Gasteiger partial charge in [0.15, 0.2) is 11.6 Å². The van der Waals surface area contributed by atoms with Crippen LogP contribution in [0.3, 0.4) is 0 Å². The highest BCUT2D eigenvalue weighted by Gasteiger charge is 2.31. The van der Waals surface area contributed by atoms with E-state index in [2.05, 4.69) is 25.3 Å². The number of anilines is 3. The maximum Gasteiger partial charge on any atom is 0.573 e. The van der Waals surface area contributed by atoms with Crippen molar-refractivity contribution in [3.8, 4) is 22.8 Å². The van der Waals surface area contributed by atoms with Gasteiger partial charge in [-0.2, -0.15) is 4.98 Å². The summed E-state index contributed by atoms with van der Waals surface area (Å²) in [6.45, 7) is 3.78. The standard InChI is InChI=1S/C21H20F4N4O2/c1-12(2)26-20-28-17(13-5-4-6-15(9-13)31-21(23,24)25)11-19(29-20)27-14-7-8-18(30-3)16(22)10-14/h4-12H,1-3H3,(H2,26,27,28,29). The minimum Gasteiger partial charge on any atom is -0.494 e. The molecule has 0 fully saturated rings. The normalized spacial score (nSPS) is 11.4. The average Bonchev–Trinajstić information content (AvgIpc) is 2.66. The van der Waals surface area contributed by atoms with Gasteiger partial charge in [-0.05, 0) is 38.1 Å². The molecular weight excluding hydrogens is 416 g/mol.